The summed E-state index contributed by atoms with van der Waals surface area (Å²) >= 11 is 0. The summed E-state index contributed by atoms with van der Waals surface area (Å²) in [5.74, 6) is 1.58. The van der Waals surface area contributed by atoms with E-state index in [1.807, 2.05) is 6.92 Å². The lowest BCUT2D eigenvalue weighted by molar-refractivity contribution is 0.124. The number of aryl methyl sites for hydroxylation is 1. The zero-order valence-corrected chi connectivity index (χ0v) is 12.4. The van der Waals surface area contributed by atoms with Crippen LogP contribution >= 0.6 is 0 Å². The van der Waals surface area contributed by atoms with Crippen molar-refractivity contribution in [3.8, 4) is 0 Å². The van der Waals surface area contributed by atoms with Crippen LogP contribution in [0.4, 0.5) is 0 Å². The predicted octanol–water partition coefficient (Wildman–Crippen LogP) is 2.06. The van der Waals surface area contributed by atoms with Crippen molar-refractivity contribution >= 4 is 0 Å². The molecule has 1 aromatic heterocycles. The Morgan fingerprint density at radius 2 is 1.80 bits per heavy atom. The van der Waals surface area contributed by atoms with Crippen LogP contribution in [0, 0.1) is 18.8 Å². The van der Waals surface area contributed by atoms with E-state index in [2.05, 4.69) is 10.00 Å². The minimum absolute atomic E-state index is 0.0347. The SMILES string of the molecule is Cc1ccc(=O)n(CC2CCN(CC3CCC3)CC2)n1. The molecule has 1 aliphatic carbocycles. The van der Waals surface area contributed by atoms with Gasteiger partial charge in [-0.3, -0.25) is 4.79 Å². The van der Waals surface area contributed by atoms with Crippen molar-refractivity contribution < 1.29 is 0 Å². The minimum atomic E-state index is 0.0347. The fourth-order valence-electron chi connectivity index (χ4n) is 3.32. The first-order valence-corrected chi connectivity index (χ1v) is 7.98. The molecule has 0 amide bonds. The van der Waals surface area contributed by atoms with E-state index < -0.39 is 0 Å². The Morgan fingerprint density at radius 3 is 2.45 bits per heavy atom. The van der Waals surface area contributed by atoms with Crippen LogP contribution in [0.2, 0.25) is 0 Å². The molecule has 0 spiro atoms. The average molecular weight is 275 g/mol. The molecule has 2 fully saturated rings. The van der Waals surface area contributed by atoms with Crippen molar-refractivity contribution in [1.82, 2.24) is 14.7 Å². The molecular formula is C16H25N3O. The van der Waals surface area contributed by atoms with E-state index in [9.17, 15) is 4.79 Å². The Hall–Kier alpha value is -1.16. The molecule has 110 valence electrons. The Morgan fingerprint density at radius 1 is 1.10 bits per heavy atom. The molecule has 0 bridgehead atoms. The van der Waals surface area contributed by atoms with Crippen molar-refractivity contribution in [2.75, 3.05) is 19.6 Å². The highest BCUT2D eigenvalue weighted by atomic mass is 16.1. The molecule has 3 rings (SSSR count). The quantitative estimate of drug-likeness (QED) is 0.844. The van der Waals surface area contributed by atoms with Crippen molar-refractivity contribution in [1.29, 1.82) is 0 Å². The maximum atomic E-state index is 11.8. The summed E-state index contributed by atoms with van der Waals surface area (Å²) in [6.07, 6.45) is 6.71. The van der Waals surface area contributed by atoms with E-state index >= 15 is 0 Å². The van der Waals surface area contributed by atoms with E-state index in [0.717, 1.165) is 18.2 Å². The van der Waals surface area contributed by atoms with Gasteiger partial charge in [-0.2, -0.15) is 5.10 Å². The summed E-state index contributed by atoms with van der Waals surface area (Å²) in [7, 11) is 0. The van der Waals surface area contributed by atoms with Crippen molar-refractivity contribution in [3.63, 3.8) is 0 Å². The van der Waals surface area contributed by atoms with E-state index in [0.29, 0.717) is 5.92 Å². The Labute approximate surface area is 120 Å². The summed E-state index contributed by atoms with van der Waals surface area (Å²) in [6, 6.07) is 3.42. The molecule has 1 saturated carbocycles. The van der Waals surface area contributed by atoms with E-state index in [4.69, 9.17) is 0 Å². The summed E-state index contributed by atoms with van der Waals surface area (Å²) in [5.41, 5.74) is 0.958. The topological polar surface area (TPSA) is 38.1 Å². The van der Waals surface area contributed by atoms with E-state index in [1.165, 1.54) is 51.7 Å². The fourth-order valence-corrected chi connectivity index (χ4v) is 3.32. The molecule has 0 aromatic carbocycles. The van der Waals surface area contributed by atoms with Gasteiger partial charge in [-0.1, -0.05) is 6.42 Å². The molecule has 0 radical (unpaired) electrons. The second kappa shape index (κ2) is 6.08. The molecule has 0 unspecified atom stereocenters. The Balaban J connectivity index is 1.50. The smallest absolute Gasteiger partial charge is 0.266 e. The molecule has 2 aliphatic rings. The molecule has 4 heteroatoms. The number of hydrogen-bond donors (Lipinski definition) is 0. The van der Waals surface area contributed by atoms with Gasteiger partial charge in [-0.15, -0.1) is 0 Å². The van der Waals surface area contributed by atoms with Gasteiger partial charge in [0.25, 0.3) is 5.56 Å². The zero-order chi connectivity index (χ0) is 13.9. The molecule has 4 nitrogen and oxygen atoms in total. The number of nitrogens with zero attached hydrogens (tertiary/aromatic N) is 3. The van der Waals surface area contributed by atoms with Gasteiger partial charge in [0.1, 0.15) is 0 Å². The van der Waals surface area contributed by atoms with Gasteiger partial charge in [0.15, 0.2) is 0 Å². The van der Waals surface area contributed by atoms with Crippen LogP contribution in [0.25, 0.3) is 0 Å². The number of piperidine rings is 1. The van der Waals surface area contributed by atoms with Crippen molar-refractivity contribution in [2.45, 2.75) is 45.6 Å². The third kappa shape index (κ3) is 3.29. The maximum absolute atomic E-state index is 11.8. The first-order valence-electron chi connectivity index (χ1n) is 7.98. The third-order valence-corrected chi connectivity index (χ3v) is 4.88. The number of likely N-dealkylation sites (tertiary alicyclic amines) is 1. The van der Waals surface area contributed by atoms with Crippen LogP contribution in [0.1, 0.15) is 37.8 Å². The third-order valence-electron chi connectivity index (χ3n) is 4.88. The molecule has 0 N–H and O–H groups in total. The van der Waals surface area contributed by atoms with Crippen LogP contribution in [-0.4, -0.2) is 34.3 Å². The van der Waals surface area contributed by atoms with E-state index in [1.54, 1.807) is 16.8 Å². The second-order valence-electron chi connectivity index (χ2n) is 6.54. The molecule has 1 aromatic rings. The summed E-state index contributed by atoms with van der Waals surface area (Å²) < 4.78 is 1.65. The minimum Gasteiger partial charge on any atom is -0.303 e. The van der Waals surface area contributed by atoms with Crippen LogP contribution in [-0.2, 0) is 6.54 Å². The van der Waals surface area contributed by atoms with Gasteiger partial charge in [-0.25, -0.2) is 4.68 Å². The highest BCUT2D eigenvalue weighted by molar-refractivity contribution is 4.97. The first kappa shape index (κ1) is 13.8. The van der Waals surface area contributed by atoms with Gasteiger partial charge in [0.2, 0.25) is 0 Å². The van der Waals surface area contributed by atoms with E-state index in [-0.39, 0.29) is 5.56 Å². The normalized spacial score (nSPS) is 21.9. The standard InChI is InChI=1S/C16H25N3O/c1-13-5-6-16(20)19(17-13)12-15-7-9-18(10-8-15)11-14-3-2-4-14/h5-6,14-15H,2-4,7-12H2,1H3. The Kier molecular flexibility index (Phi) is 4.20. The molecule has 0 atom stereocenters. The highest BCUT2D eigenvalue weighted by Crippen LogP contribution is 2.28. The van der Waals surface area contributed by atoms with Crippen LogP contribution < -0.4 is 5.56 Å². The average Bonchev–Trinajstić information content (AvgIpc) is 2.40. The molecule has 1 saturated heterocycles. The van der Waals surface area contributed by atoms with Crippen LogP contribution in [0.3, 0.4) is 0 Å². The monoisotopic (exact) mass is 275 g/mol. The number of rotatable bonds is 4. The maximum Gasteiger partial charge on any atom is 0.266 e. The van der Waals surface area contributed by atoms with Crippen LogP contribution in [0.5, 0.6) is 0 Å². The van der Waals surface area contributed by atoms with Gasteiger partial charge >= 0.3 is 0 Å². The summed E-state index contributed by atoms with van der Waals surface area (Å²) in [6.45, 7) is 6.42. The Bertz CT molecular complexity index is 499. The molecule has 20 heavy (non-hydrogen) atoms. The van der Waals surface area contributed by atoms with Crippen LogP contribution in [0.15, 0.2) is 16.9 Å². The lowest BCUT2D eigenvalue weighted by atomic mass is 9.84. The fraction of sp³-hybridized carbons (Fsp3) is 0.750. The highest BCUT2D eigenvalue weighted by Gasteiger charge is 2.25. The predicted molar refractivity (Wildman–Crippen MR) is 79.7 cm³/mol. The largest absolute Gasteiger partial charge is 0.303 e. The zero-order valence-electron chi connectivity index (χ0n) is 12.4. The number of hydrogen-bond acceptors (Lipinski definition) is 3. The lowest BCUT2D eigenvalue weighted by Gasteiger charge is -2.36. The van der Waals surface area contributed by atoms with Gasteiger partial charge in [0, 0.05) is 19.2 Å². The number of aromatic nitrogens is 2. The molecule has 2 heterocycles. The van der Waals surface area contributed by atoms with Gasteiger partial charge < -0.3 is 4.90 Å². The molecule has 1 aliphatic heterocycles. The van der Waals surface area contributed by atoms with Crippen molar-refractivity contribution in [3.05, 3.63) is 28.2 Å². The summed E-state index contributed by atoms with van der Waals surface area (Å²) in [5, 5.41) is 4.35. The van der Waals surface area contributed by atoms with Gasteiger partial charge in [-0.05, 0) is 63.6 Å². The lowest BCUT2D eigenvalue weighted by Crippen LogP contribution is -2.40. The first-order chi connectivity index (χ1) is 9.70. The summed E-state index contributed by atoms with van der Waals surface area (Å²) in [4.78, 5) is 14.4. The second-order valence-corrected chi connectivity index (χ2v) is 6.54. The molecular weight excluding hydrogens is 250 g/mol. The van der Waals surface area contributed by atoms with Crippen molar-refractivity contribution in [2.24, 2.45) is 11.8 Å². The van der Waals surface area contributed by atoms with Gasteiger partial charge in [0.05, 0.1) is 5.69 Å².